The maximum absolute atomic E-state index is 13.6. The van der Waals surface area contributed by atoms with Crippen LogP contribution in [0.25, 0.3) is 0 Å². The van der Waals surface area contributed by atoms with E-state index in [0.717, 1.165) is 23.1 Å². The minimum atomic E-state index is -3.66. The van der Waals surface area contributed by atoms with Crippen molar-refractivity contribution in [3.05, 3.63) is 22.2 Å². The number of carbonyl (C=O) groups excluding carboxylic acids is 1. The first kappa shape index (κ1) is 21.3. The van der Waals surface area contributed by atoms with Crippen LogP contribution in [0.2, 0.25) is 0 Å². The van der Waals surface area contributed by atoms with Crippen molar-refractivity contribution in [3.8, 4) is 0 Å². The molecule has 0 bridgehead atoms. The number of halogens is 1. The third-order valence-corrected chi connectivity index (χ3v) is 8.95. The quantitative estimate of drug-likeness (QED) is 0.658. The van der Waals surface area contributed by atoms with Gasteiger partial charge in [-0.25, -0.2) is 8.42 Å². The van der Waals surface area contributed by atoms with Crippen LogP contribution < -0.4 is 4.90 Å². The maximum atomic E-state index is 13.6. The van der Waals surface area contributed by atoms with Gasteiger partial charge in [0.05, 0.1) is 5.69 Å². The SMILES string of the molecule is CCC(=O)N1CCc2cc(Br)cc(S(=O)(=O)N3CCN(C4CCCCC4)CC3)c21. The molecule has 29 heavy (non-hydrogen) atoms. The van der Waals surface area contributed by atoms with Crippen molar-refractivity contribution in [1.29, 1.82) is 0 Å². The summed E-state index contributed by atoms with van der Waals surface area (Å²) in [6.07, 6.45) is 7.43. The largest absolute Gasteiger partial charge is 0.310 e. The van der Waals surface area contributed by atoms with E-state index in [1.807, 2.05) is 13.0 Å². The standard InChI is InChI=1S/C21H30BrN3O3S/c1-2-20(26)25-9-8-16-14-17(22)15-19(21(16)25)29(27,28)24-12-10-23(11-13-24)18-6-4-3-5-7-18/h14-15,18H,2-13H2,1H3. The van der Waals surface area contributed by atoms with Crippen LogP contribution in [0.1, 0.15) is 51.0 Å². The summed E-state index contributed by atoms with van der Waals surface area (Å²) in [5.41, 5.74) is 1.52. The van der Waals surface area contributed by atoms with Crippen LogP contribution >= 0.6 is 15.9 Å². The average Bonchev–Trinajstić information content (AvgIpc) is 3.17. The highest BCUT2D eigenvalue weighted by Gasteiger charge is 2.37. The average molecular weight is 484 g/mol. The van der Waals surface area contributed by atoms with E-state index < -0.39 is 10.0 Å². The van der Waals surface area contributed by atoms with Gasteiger partial charge in [0.15, 0.2) is 0 Å². The molecule has 0 unspecified atom stereocenters. The van der Waals surface area contributed by atoms with E-state index in [1.165, 1.54) is 32.1 Å². The topological polar surface area (TPSA) is 60.9 Å². The molecule has 2 aliphatic heterocycles. The fraction of sp³-hybridized carbons (Fsp3) is 0.667. The van der Waals surface area contributed by atoms with Crippen molar-refractivity contribution in [2.24, 2.45) is 0 Å². The minimum absolute atomic E-state index is 0.0235. The molecule has 1 amide bonds. The first-order chi connectivity index (χ1) is 13.9. The number of piperazine rings is 1. The number of carbonyl (C=O) groups is 1. The van der Waals surface area contributed by atoms with E-state index in [2.05, 4.69) is 20.8 Å². The summed E-state index contributed by atoms with van der Waals surface area (Å²) in [6.45, 7) is 4.98. The summed E-state index contributed by atoms with van der Waals surface area (Å²) in [7, 11) is -3.66. The molecule has 1 saturated carbocycles. The summed E-state index contributed by atoms with van der Waals surface area (Å²) in [5, 5.41) is 0. The van der Waals surface area contributed by atoms with Crippen molar-refractivity contribution in [2.45, 2.75) is 62.8 Å². The molecule has 1 aliphatic carbocycles. The van der Waals surface area contributed by atoms with Crippen molar-refractivity contribution < 1.29 is 13.2 Å². The molecule has 1 saturated heterocycles. The first-order valence-corrected chi connectivity index (χ1v) is 13.0. The molecule has 3 aliphatic rings. The highest BCUT2D eigenvalue weighted by Crippen LogP contribution is 2.39. The van der Waals surface area contributed by atoms with Gasteiger partial charge in [0, 0.05) is 49.7 Å². The Morgan fingerprint density at radius 2 is 1.76 bits per heavy atom. The highest BCUT2D eigenvalue weighted by atomic mass is 79.9. The van der Waals surface area contributed by atoms with Gasteiger partial charge in [0.1, 0.15) is 4.90 Å². The molecule has 2 heterocycles. The van der Waals surface area contributed by atoms with Gasteiger partial charge < -0.3 is 4.90 Å². The Kier molecular flexibility index (Phi) is 6.35. The number of amides is 1. The fourth-order valence-corrected chi connectivity index (χ4v) is 7.34. The maximum Gasteiger partial charge on any atom is 0.245 e. The zero-order chi connectivity index (χ0) is 20.6. The second-order valence-corrected chi connectivity index (χ2v) is 11.1. The van der Waals surface area contributed by atoms with Gasteiger partial charge in [-0.05, 0) is 37.0 Å². The number of rotatable bonds is 4. The second-order valence-electron chi connectivity index (χ2n) is 8.29. The zero-order valence-corrected chi connectivity index (χ0v) is 19.5. The monoisotopic (exact) mass is 483 g/mol. The molecular formula is C21H30BrN3O3S. The van der Waals surface area contributed by atoms with Crippen molar-refractivity contribution in [1.82, 2.24) is 9.21 Å². The second kappa shape index (κ2) is 8.65. The molecule has 2 fully saturated rings. The minimum Gasteiger partial charge on any atom is -0.310 e. The molecule has 0 spiro atoms. The van der Waals surface area contributed by atoms with Crippen LogP contribution in [-0.2, 0) is 21.2 Å². The predicted octanol–water partition coefficient (Wildman–Crippen LogP) is 3.39. The summed E-state index contributed by atoms with van der Waals surface area (Å²) < 4.78 is 29.5. The Labute approximate surface area is 182 Å². The normalized spacial score (nSPS) is 22.1. The highest BCUT2D eigenvalue weighted by molar-refractivity contribution is 9.10. The summed E-state index contributed by atoms with van der Waals surface area (Å²) in [6, 6.07) is 4.22. The van der Waals surface area contributed by atoms with Crippen LogP contribution in [0.5, 0.6) is 0 Å². The van der Waals surface area contributed by atoms with Gasteiger partial charge in [0.2, 0.25) is 15.9 Å². The fourth-order valence-electron chi connectivity index (χ4n) is 5.00. The summed E-state index contributed by atoms with van der Waals surface area (Å²) >= 11 is 3.47. The lowest BCUT2D eigenvalue weighted by Crippen LogP contribution is -2.52. The van der Waals surface area contributed by atoms with Crippen LogP contribution in [0, 0.1) is 0 Å². The van der Waals surface area contributed by atoms with E-state index in [-0.39, 0.29) is 10.8 Å². The lowest BCUT2D eigenvalue weighted by Gasteiger charge is -2.40. The molecule has 0 N–H and O–H groups in total. The number of benzene rings is 1. The van der Waals surface area contributed by atoms with Crippen molar-refractivity contribution in [3.63, 3.8) is 0 Å². The summed E-state index contributed by atoms with van der Waals surface area (Å²) in [4.78, 5) is 16.8. The number of hydrogen-bond acceptors (Lipinski definition) is 4. The molecule has 8 heteroatoms. The number of hydrogen-bond donors (Lipinski definition) is 0. The third-order valence-electron chi connectivity index (χ3n) is 6.58. The lowest BCUT2D eigenvalue weighted by atomic mass is 9.94. The summed E-state index contributed by atoms with van der Waals surface area (Å²) in [5.74, 6) is -0.0235. The molecule has 160 valence electrons. The number of sulfonamides is 1. The van der Waals surface area contributed by atoms with E-state index in [1.54, 1.807) is 15.3 Å². The number of fused-ring (bicyclic) bond motifs is 1. The Hall–Kier alpha value is -0.960. The molecular weight excluding hydrogens is 454 g/mol. The third kappa shape index (κ3) is 4.13. The van der Waals surface area contributed by atoms with Gasteiger partial charge in [-0.2, -0.15) is 4.31 Å². The van der Waals surface area contributed by atoms with Gasteiger partial charge in [-0.3, -0.25) is 9.69 Å². The lowest BCUT2D eigenvalue weighted by molar-refractivity contribution is -0.118. The van der Waals surface area contributed by atoms with Crippen LogP contribution in [0.3, 0.4) is 0 Å². The molecule has 1 aromatic rings. The molecule has 0 radical (unpaired) electrons. The molecule has 6 nitrogen and oxygen atoms in total. The van der Waals surface area contributed by atoms with E-state index in [4.69, 9.17) is 0 Å². The number of nitrogens with zero attached hydrogens (tertiary/aromatic N) is 3. The van der Waals surface area contributed by atoms with Crippen molar-refractivity contribution >= 4 is 37.5 Å². The van der Waals surface area contributed by atoms with Gasteiger partial charge in [-0.15, -0.1) is 0 Å². The van der Waals surface area contributed by atoms with Crippen molar-refractivity contribution in [2.75, 3.05) is 37.6 Å². The van der Waals surface area contributed by atoms with E-state index in [9.17, 15) is 13.2 Å². The van der Waals surface area contributed by atoms with Gasteiger partial charge in [0.25, 0.3) is 0 Å². The van der Waals surface area contributed by atoms with Crippen LogP contribution in [0.15, 0.2) is 21.5 Å². The van der Waals surface area contributed by atoms with Crippen LogP contribution in [0.4, 0.5) is 5.69 Å². The Morgan fingerprint density at radius 1 is 1.07 bits per heavy atom. The molecule has 0 atom stereocenters. The predicted molar refractivity (Wildman–Crippen MR) is 118 cm³/mol. The molecule has 0 aromatic heterocycles. The van der Waals surface area contributed by atoms with E-state index in [0.29, 0.717) is 44.2 Å². The van der Waals surface area contributed by atoms with E-state index >= 15 is 0 Å². The molecule has 4 rings (SSSR count). The van der Waals surface area contributed by atoms with Gasteiger partial charge >= 0.3 is 0 Å². The smallest absolute Gasteiger partial charge is 0.245 e. The van der Waals surface area contributed by atoms with Crippen LogP contribution in [-0.4, -0.2) is 62.3 Å². The van der Waals surface area contributed by atoms with Gasteiger partial charge in [-0.1, -0.05) is 42.1 Å². The Balaban J connectivity index is 1.58. The zero-order valence-electron chi connectivity index (χ0n) is 17.1. The Bertz CT molecular complexity index is 875. The molecule has 1 aromatic carbocycles. The number of anilines is 1. The first-order valence-electron chi connectivity index (χ1n) is 10.8. The Morgan fingerprint density at radius 3 is 2.41 bits per heavy atom.